The van der Waals surface area contributed by atoms with E-state index in [4.69, 9.17) is 5.73 Å². The summed E-state index contributed by atoms with van der Waals surface area (Å²) in [5.74, 6) is 1.70. The molecule has 0 aromatic rings. The number of hydrogen-bond acceptors (Lipinski definition) is 3. The van der Waals surface area contributed by atoms with Crippen molar-refractivity contribution in [3.63, 3.8) is 0 Å². The van der Waals surface area contributed by atoms with Gasteiger partial charge < -0.3 is 16.0 Å². The van der Waals surface area contributed by atoms with E-state index in [1.54, 1.807) is 0 Å². The molecule has 1 unspecified atom stereocenters. The number of nitrogens with zero attached hydrogens (tertiary/aromatic N) is 1. The Bertz CT molecular complexity index is 273. The van der Waals surface area contributed by atoms with E-state index >= 15 is 0 Å². The van der Waals surface area contributed by atoms with Crippen LogP contribution in [0.1, 0.15) is 46.0 Å². The van der Waals surface area contributed by atoms with E-state index in [0.29, 0.717) is 11.8 Å². The number of nitrogens with one attached hydrogen (secondary N) is 1. The maximum Gasteiger partial charge on any atom is 0.223 e. The van der Waals surface area contributed by atoms with Crippen LogP contribution in [-0.2, 0) is 4.79 Å². The Labute approximate surface area is 124 Å². The highest BCUT2D eigenvalue weighted by Crippen LogP contribution is 2.28. The van der Waals surface area contributed by atoms with Crippen LogP contribution >= 0.6 is 0 Å². The van der Waals surface area contributed by atoms with E-state index in [2.05, 4.69) is 38.2 Å². The normalized spacial score (nSPS) is 24.9. The third kappa shape index (κ3) is 6.23. The highest BCUT2D eigenvalue weighted by molar-refractivity contribution is 5.79. The van der Waals surface area contributed by atoms with Crippen LogP contribution in [-0.4, -0.2) is 44.0 Å². The van der Waals surface area contributed by atoms with Crippen LogP contribution in [0.3, 0.4) is 0 Å². The molecule has 1 aliphatic carbocycles. The first-order valence-corrected chi connectivity index (χ1v) is 8.07. The van der Waals surface area contributed by atoms with Crippen molar-refractivity contribution in [2.45, 2.75) is 52.0 Å². The fraction of sp³-hybridized carbons (Fsp3) is 0.938. The molecule has 1 fully saturated rings. The van der Waals surface area contributed by atoms with Crippen LogP contribution in [0.5, 0.6) is 0 Å². The summed E-state index contributed by atoms with van der Waals surface area (Å²) < 4.78 is 0. The van der Waals surface area contributed by atoms with E-state index in [1.807, 2.05) is 0 Å². The average molecular weight is 283 g/mol. The van der Waals surface area contributed by atoms with Gasteiger partial charge in [0, 0.05) is 18.5 Å². The summed E-state index contributed by atoms with van der Waals surface area (Å²) in [4.78, 5) is 14.6. The van der Waals surface area contributed by atoms with Gasteiger partial charge in [-0.2, -0.15) is 0 Å². The Morgan fingerprint density at radius 2 is 1.85 bits per heavy atom. The highest BCUT2D eigenvalue weighted by Gasteiger charge is 2.27. The number of rotatable bonds is 7. The quantitative estimate of drug-likeness (QED) is 0.749. The molecule has 0 aromatic carbocycles. The maximum absolute atomic E-state index is 12.4. The number of hydrogen-bond donors (Lipinski definition) is 2. The van der Waals surface area contributed by atoms with Crippen LogP contribution in [0, 0.1) is 17.8 Å². The number of nitrogens with two attached hydrogens (primary N) is 1. The molecule has 0 saturated heterocycles. The van der Waals surface area contributed by atoms with Gasteiger partial charge in [0.15, 0.2) is 0 Å². The topological polar surface area (TPSA) is 58.4 Å². The van der Waals surface area contributed by atoms with E-state index in [9.17, 15) is 4.79 Å². The number of amides is 1. The van der Waals surface area contributed by atoms with Gasteiger partial charge in [0.1, 0.15) is 0 Å². The number of likely N-dealkylation sites (N-methyl/N-ethyl adjacent to an activating group) is 1. The molecule has 1 aliphatic rings. The smallest absolute Gasteiger partial charge is 0.223 e. The standard InChI is InChI=1S/C16H33N3O/c1-12(2)9-15(11-19(3)4)18-16(20)14-7-5-13(10-17)6-8-14/h12-15H,5-11,17H2,1-4H3,(H,18,20). The van der Waals surface area contributed by atoms with Gasteiger partial charge in [0.05, 0.1) is 0 Å². The fourth-order valence-corrected chi connectivity index (χ4v) is 3.17. The second-order valence-corrected chi connectivity index (χ2v) is 7.05. The molecular formula is C16H33N3O. The van der Waals surface area contributed by atoms with E-state index in [1.165, 1.54) is 0 Å². The molecule has 118 valence electrons. The zero-order chi connectivity index (χ0) is 15.1. The fourth-order valence-electron chi connectivity index (χ4n) is 3.17. The maximum atomic E-state index is 12.4. The van der Waals surface area contributed by atoms with Crippen LogP contribution in [0.2, 0.25) is 0 Å². The zero-order valence-corrected chi connectivity index (χ0v) is 13.7. The minimum atomic E-state index is 0.203. The summed E-state index contributed by atoms with van der Waals surface area (Å²) in [5.41, 5.74) is 5.71. The molecule has 4 nitrogen and oxygen atoms in total. The molecule has 1 saturated carbocycles. The molecular weight excluding hydrogens is 250 g/mol. The lowest BCUT2D eigenvalue weighted by Gasteiger charge is -2.30. The monoisotopic (exact) mass is 283 g/mol. The third-order valence-electron chi connectivity index (χ3n) is 4.24. The average Bonchev–Trinajstić information content (AvgIpc) is 2.37. The molecule has 1 atom stereocenters. The summed E-state index contributed by atoms with van der Waals surface area (Å²) in [5, 5.41) is 3.27. The highest BCUT2D eigenvalue weighted by atomic mass is 16.1. The van der Waals surface area contributed by atoms with Crippen molar-refractivity contribution in [1.29, 1.82) is 0 Å². The molecule has 1 rings (SSSR count). The lowest BCUT2D eigenvalue weighted by Crippen LogP contribution is -2.45. The van der Waals surface area contributed by atoms with Crippen molar-refractivity contribution in [3.05, 3.63) is 0 Å². The largest absolute Gasteiger partial charge is 0.352 e. The minimum absolute atomic E-state index is 0.203. The second kappa shape index (κ2) is 8.63. The molecule has 20 heavy (non-hydrogen) atoms. The summed E-state index contributed by atoms with van der Waals surface area (Å²) in [6.45, 7) is 6.11. The molecule has 0 heterocycles. The van der Waals surface area contributed by atoms with Crippen molar-refractivity contribution >= 4 is 5.91 Å². The first kappa shape index (κ1) is 17.4. The van der Waals surface area contributed by atoms with Crippen molar-refractivity contribution in [3.8, 4) is 0 Å². The van der Waals surface area contributed by atoms with Gasteiger partial charge >= 0.3 is 0 Å². The SMILES string of the molecule is CC(C)CC(CN(C)C)NC(=O)C1CCC(CN)CC1. The van der Waals surface area contributed by atoms with Gasteiger partial charge in [0.2, 0.25) is 5.91 Å². The molecule has 3 N–H and O–H groups in total. The third-order valence-corrected chi connectivity index (χ3v) is 4.24. The van der Waals surface area contributed by atoms with Gasteiger partial charge in [-0.1, -0.05) is 13.8 Å². The minimum Gasteiger partial charge on any atom is -0.352 e. The Hall–Kier alpha value is -0.610. The zero-order valence-electron chi connectivity index (χ0n) is 13.7. The van der Waals surface area contributed by atoms with Crippen LogP contribution in [0.4, 0.5) is 0 Å². The first-order chi connectivity index (χ1) is 9.42. The summed E-state index contributed by atoms with van der Waals surface area (Å²) >= 11 is 0. The Kier molecular flexibility index (Phi) is 7.52. The van der Waals surface area contributed by atoms with Crippen LogP contribution < -0.4 is 11.1 Å². The number of carbonyl (C=O) groups excluding carboxylic acids is 1. The summed E-state index contributed by atoms with van der Waals surface area (Å²) in [7, 11) is 4.12. The van der Waals surface area contributed by atoms with E-state index < -0.39 is 0 Å². The van der Waals surface area contributed by atoms with Crippen molar-refractivity contribution in [2.75, 3.05) is 27.2 Å². The van der Waals surface area contributed by atoms with Crippen molar-refractivity contribution < 1.29 is 4.79 Å². The van der Waals surface area contributed by atoms with E-state index in [-0.39, 0.29) is 17.9 Å². The second-order valence-electron chi connectivity index (χ2n) is 7.05. The van der Waals surface area contributed by atoms with Crippen LogP contribution in [0.25, 0.3) is 0 Å². The Morgan fingerprint density at radius 1 is 1.25 bits per heavy atom. The lowest BCUT2D eigenvalue weighted by molar-refractivity contribution is -0.127. The molecule has 0 bridgehead atoms. The molecule has 0 aromatic heterocycles. The Morgan fingerprint density at radius 3 is 2.30 bits per heavy atom. The Balaban J connectivity index is 2.44. The molecule has 0 aliphatic heterocycles. The van der Waals surface area contributed by atoms with Gasteiger partial charge in [-0.05, 0) is 64.6 Å². The molecule has 0 spiro atoms. The summed E-state index contributed by atoms with van der Waals surface area (Å²) in [6, 6.07) is 0.268. The van der Waals surface area contributed by atoms with E-state index in [0.717, 1.165) is 45.2 Å². The lowest BCUT2D eigenvalue weighted by atomic mass is 9.81. The van der Waals surface area contributed by atoms with Crippen molar-refractivity contribution in [1.82, 2.24) is 10.2 Å². The van der Waals surface area contributed by atoms with Crippen LogP contribution in [0.15, 0.2) is 0 Å². The van der Waals surface area contributed by atoms with Gasteiger partial charge in [-0.15, -0.1) is 0 Å². The van der Waals surface area contributed by atoms with Gasteiger partial charge in [-0.3, -0.25) is 4.79 Å². The molecule has 4 heteroatoms. The summed E-state index contributed by atoms with van der Waals surface area (Å²) in [6.07, 6.45) is 5.27. The predicted molar refractivity (Wildman–Crippen MR) is 84.4 cm³/mol. The van der Waals surface area contributed by atoms with Gasteiger partial charge in [-0.25, -0.2) is 0 Å². The van der Waals surface area contributed by atoms with Crippen molar-refractivity contribution in [2.24, 2.45) is 23.5 Å². The first-order valence-electron chi connectivity index (χ1n) is 8.07. The number of carbonyl (C=O) groups is 1. The molecule has 1 amide bonds. The molecule has 0 radical (unpaired) electrons. The predicted octanol–water partition coefficient (Wildman–Crippen LogP) is 1.84. The van der Waals surface area contributed by atoms with Gasteiger partial charge in [0.25, 0.3) is 0 Å².